The number of urea groups is 1. The zero-order valence-electron chi connectivity index (χ0n) is 18.6. The van der Waals surface area contributed by atoms with Crippen molar-refractivity contribution in [1.82, 2.24) is 3.29 Å². The number of primary amides is 1. The maximum Gasteiger partial charge on any atom is 0.450 e. The van der Waals surface area contributed by atoms with Crippen molar-refractivity contribution in [2.24, 2.45) is 5.73 Å². The summed E-state index contributed by atoms with van der Waals surface area (Å²) >= 11 is 0. The summed E-state index contributed by atoms with van der Waals surface area (Å²) in [5, 5.41) is 0. The third-order valence-electron chi connectivity index (χ3n) is 5.71. The molecule has 0 spiro atoms. The molecule has 2 N–H and O–H groups in total. The van der Waals surface area contributed by atoms with Crippen LogP contribution >= 0.6 is 0 Å². The number of rotatable bonds is 5. The van der Waals surface area contributed by atoms with E-state index in [4.69, 9.17) is 15.2 Å². The van der Waals surface area contributed by atoms with Crippen molar-refractivity contribution in [3.05, 3.63) is 77.9 Å². The Morgan fingerprint density at radius 3 is 2.15 bits per heavy atom. The number of amides is 2. The zero-order chi connectivity index (χ0) is 24.9. The lowest BCUT2D eigenvalue weighted by molar-refractivity contribution is 0.240. The molecule has 3 aromatic rings. The van der Waals surface area contributed by atoms with Gasteiger partial charge in [0.1, 0.15) is 17.6 Å². The number of carbonyl (C=O) groups is 1. The molecule has 9 nitrogen and oxygen atoms in total. The molecule has 0 fully saturated rings. The van der Waals surface area contributed by atoms with Crippen LogP contribution in [0.5, 0.6) is 11.5 Å². The van der Waals surface area contributed by atoms with E-state index in [1.807, 2.05) is 30.3 Å². The van der Waals surface area contributed by atoms with E-state index in [2.05, 4.69) is 0 Å². The van der Waals surface area contributed by atoms with Gasteiger partial charge in [-0.3, -0.25) is 0 Å². The number of hydrogen-bond acceptors (Lipinski definition) is 7. The number of hydrogen-bond donors (Lipinski definition) is 1. The molecule has 4 rings (SSSR count). The SMILES string of the molecule is COc1cccc2c1-c1ccc([N+](C(N)=O)(S(C)(=O)=O)S(C)(=O)=O)cc1C(c1ccccc1)O2. The minimum Gasteiger partial charge on any atom is -0.496 e. The number of fused-ring (bicyclic) bond motifs is 3. The first kappa shape index (κ1) is 23.7. The van der Waals surface area contributed by atoms with Gasteiger partial charge in [0.2, 0.25) is 0 Å². The van der Waals surface area contributed by atoms with E-state index in [9.17, 15) is 21.6 Å². The van der Waals surface area contributed by atoms with Gasteiger partial charge in [-0.1, -0.05) is 36.4 Å². The lowest BCUT2D eigenvalue weighted by Gasteiger charge is -2.32. The number of nitrogens with zero attached hydrogens (tertiary/aromatic N) is 1. The van der Waals surface area contributed by atoms with Crippen molar-refractivity contribution in [3.63, 3.8) is 0 Å². The van der Waals surface area contributed by atoms with Crippen LogP contribution in [-0.2, 0) is 20.0 Å². The number of ether oxygens (including phenoxy) is 2. The van der Waals surface area contributed by atoms with E-state index >= 15 is 0 Å². The van der Waals surface area contributed by atoms with Crippen molar-refractivity contribution < 1.29 is 31.1 Å². The second-order valence-corrected chi connectivity index (χ2v) is 12.1. The lowest BCUT2D eigenvalue weighted by atomic mass is 9.88. The molecule has 0 aromatic heterocycles. The fraction of sp³-hybridized carbons (Fsp3) is 0.174. The molecular weight excluding hydrogens is 480 g/mol. The van der Waals surface area contributed by atoms with E-state index < -0.39 is 35.5 Å². The normalized spacial score (nSPS) is 15.6. The Morgan fingerprint density at radius 2 is 1.59 bits per heavy atom. The van der Waals surface area contributed by atoms with Crippen LogP contribution < -0.4 is 18.5 Å². The standard InChI is InChI=1S/C23H22N2O7S2/c1-31-19-10-7-11-20-21(19)17-13-12-16(25(23(24)26,33(2,27)28)34(3,29)30)14-18(17)22(32-20)15-8-5-4-6-9-15/h4-14,22H,1-3H3,(H-,24,26)/p+1. The number of nitrogens with two attached hydrogens (primary N) is 1. The molecule has 1 aliphatic rings. The monoisotopic (exact) mass is 503 g/mol. The highest BCUT2D eigenvalue weighted by atomic mass is 32.3. The Morgan fingerprint density at radius 1 is 0.941 bits per heavy atom. The van der Waals surface area contributed by atoms with E-state index in [-0.39, 0.29) is 5.69 Å². The Hall–Kier alpha value is -3.41. The fourth-order valence-electron chi connectivity index (χ4n) is 4.37. The molecule has 2 amide bonds. The van der Waals surface area contributed by atoms with E-state index in [0.717, 1.165) is 5.56 Å². The number of quaternary nitrogens is 1. The molecule has 178 valence electrons. The smallest absolute Gasteiger partial charge is 0.450 e. The second kappa shape index (κ2) is 8.12. The minimum atomic E-state index is -4.61. The van der Waals surface area contributed by atoms with Crippen molar-refractivity contribution >= 4 is 31.8 Å². The summed E-state index contributed by atoms with van der Waals surface area (Å²) in [6, 6.07) is 17.0. The first-order chi connectivity index (χ1) is 15.9. The van der Waals surface area contributed by atoms with Crippen LogP contribution in [0, 0.1) is 0 Å². The third kappa shape index (κ3) is 3.44. The average Bonchev–Trinajstić information content (AvgIpc) is 2.76. The quantitative estimate of drug-likeness (QED) is 0.529. The van der Waals surface area contributed by atoms with Gasteiger partial charge >= 0.3 is 26.1 Å². The van der Waals surface area contributed by atoms with Crippen molar-refractivity contribution in [3.8, 4) is 22.6 Å². The Bertz CT molecular complexity index is 1470. The predicted molar refractivity (Wildman–Crippen MR) is 128 cm³/mol. The minimum absolute atomic E-state index is 0.334. The number of sulfonamides is 2. The summed E-state index contributed by atoms with van der Waals surface area (Å²) in [7, 11) is -7.71. The van der Waals surface area contributed by atoms with Crippen LogP contribution in [0.3, 0.4) is 0 Å². The van der Waals surface area contributed by atoms with Gasteiger partial charge in [-0.15, -0.1) is 0 Å². The predicted octanol–water partition coefficient (Wildman–Crippen LogP) is 3.15. The highest BCUT2D eigenvalue weighted by Crippen LogP contribution is 2.50. The van der Waals surface area contributed by atoms with Crippen LogP contribution in [0.2, 0.25) is 0 Å². The van der Waals surface area contributed by atoms with Crippen molar-refractivity contribution in [2.75, 3.05) is 19.6 Å². The lowest BCUT2D eigenvalue weighted by Crippen LogP contribution is -2.63. The van der Waals surface area contributed by atoms with Gasteiger partial charge in [0.15, 0.2) is 5.69 Å². The molecule has 1 aliphatic heterocycles. The Kier molecular flexibility index (Phi) is 5.67. The summed E-state index contributed by atoms with van der Waals surface area (Å²) < 4.78 is 60.9. The Labute approximate surface area is 198 Å². The summed E-state index contributed by atoms with van der Waals surface area (Å²) in [5.74, 6) is 1.05. The molecule has 1 unspecified atom stereocenters. The molecule has 0 bridgehead atoms. The van der Waals surface area contributed by atoms with Crippen molar-refractivity contribution in [1.29, 1.82) is 0 Å². The number of carbonyl (C=O) groups excluding carboxylic acids is 1. The van der Waals surface area contributed by atoms with Gasteiger partial charge in [-0.05, 0) is 32.6 Å². The van der Waals surface area contributed by atoms with Gasteiger partial charge in [0.25, 0.3) is 0 Å². The first-order valence-corrected chi connectivity index (χ1v) is 13.8. The van der Waals surface area contributed by atoms with Gasteiger partial charge < -0.3 is 15.2 Å². The number of methoxy groups -OCH3 is 1. The van der Waals surface area contributed by atoms with Crippen molar-refractivity contribution in [2.45, 2.75) is 6.10 Å². The largest absolute Gasteiger partial charge is 0.496 e. The molecule has 3 aromatic carbocycles. The van der Waals surface area contributed by atoms with Gasteiger partial charge in [-0.25, -0.2) is 4.79 Å². The molecule has 0 saturated heterocycles. The van der Waals surface area contributed by atoms with Crippen LogP contribution in [0.25, 0.3) is 11.1 Å². The summed E-state index contributed by atoms with van der Waals surface area (Å²) in [4.78, 5) is 12.5. The summed E-state index contributed by atoms with van der Waals surface area (Å²) in [5.41, 5.74) is 7.57. The van der Waals surface area contributed by atoms with E-state index in [0.29, 0.717) is 40.7 Å². The summed E-state index contributed by atoms with van der Waals surface area (Å²) in [6.07, 6.45) is 0.591. The van der Waals surface area contributed by atoms with Gasteiger partial charge in [0.05, 0.1) is 25.2 Å². The molecule has 0 saturated carbocycles. The van der Waals surface area contributed by atoms with E-state index in [1.165, 1.54) is 19.2 Å². The second-order valence-electron chi connectivity index (χ2n) is 7.87. The third-order valence-corrected chi connectivity index (χ3v) is 9.98. The average molecular weight is 504 g/mol. The van der Waals surface area contributed by atoms with Crippen LogP contribution in [0.1, 0.15) is 17.2 Å². The van der Waals surface area contributed by atoms with Gasteiger partial charge in [0, 0.05) is 17.7 Å². The first-order valence-electron chi connectivity index (χ1n) is 10.1. The maximum absolute atomic E-state index is 12.8. The summed E-state index contributed by atoms with van der Waals surface area (Å²) in [6.45, 7) is 0. The molecular formula is C23H23N2O7S2+. The molecule has 0 aliphatic carbocycles. The Balaban J connectivity index is 2.10. The van der Waals surface area contributed by atoms with Gasteiger partial charge in [-0.2, -0.15) is 16.8 Å². The molecule has 1 heterocycles. The highest BCUT2D eigenvalue weighted by molar-refractivity contribution is 8.07. The van der Waals surface area contributed by atoms with Crippen LogP contribution in [-0.4, -0.2) is 42.5 Å². The molecule has 11 heteroatoms. The maximum atomic E-state index is 12.8. The number of benzene rings is 3. The topological polar surface area (TPSA) is 130 Å². The van der Waals surface area contributed by atoms with Crippen LogP contribution in [0.15, 0.2) is 66.7 Å². The molecule has 0 radical (unpaired) electrons. The molecule has 34 heavy (non-hydrogen) atoms. The molecule has 1 atom stereocenters. The highest BCUT2D eigenvalue weighted by Gasteiger charge is 2.57. The van der Waals surface area contributed by atoms with E-state index in [1.54, 1.807) is 24.3 Å². The van der Waals surface area contributed by atoms with Crippen LogP contribution in [0.4, 0.5) is 10.5 Å². The fourth-order valence-corrected chi connectivity index (χ4v) is 7.99. The zero-order valence-corrected chi connectivity index (χ0v) is 20.3.